The van der Waals surface area contributed by atoms with Crippen LogP contribution in [0, 0.1) is 0 Å². The first-order valence-corrected chi connectivity index (χ1v) is 7.75. The van der Waals surface area contributed by atoms with Crippen LogP contribution in [0.25, 0.3) is 0 Å². The largest absolute Gasteiger partial charge is 0.376 e. The molecule has 1 unspecified atom stereocenters. The molecule has 0 amide bonds. The van der Waals surface area contributed by atoms with Crippen LogP contribution in [0.2, 0.25) is 0 Å². The molecule has 5 nitrogen and oxygen atoms in total. The Morgan fingerprint density at radius 2 is 2.25 bits per heavy atom. The van der Waals surface area contributed by atoms with Crippen LogP contribution in [0.3, 0.4) is 0 Å². The van der Waals surface area contributed by atoms with Crippen molar-refractivity contribution in [1.82, 2.24) is 14.8 Å². The number of nitrogens with zero attached hydrogens (tertiary/aromatic N) is 2. The number of aromatic nitrogens is 3. The molecule has 20 heavy (non-hydrogen) atoms. The van der Waals surface area contributed by atoms with Crippen molar-refractivity contribution in [2.75, 3.05) is 6.61 Å². The fourth-order valence-corrected chi connectivity index (χ4v) is 3.20. The second-order valence-electron chi connectivity index (χ2n) is 4.83. The molecule has 1 aliphatic rings. The summed E-state index contributed by atoms with van der Waals surface area (Å²) in [7, 11) is 0. The zero-order valence-corrected chi connectivity index (χ0v) is 11.9. The minimum Gasteiger partial charge on any atom is -0.376 e. The van der Waals surface area contributed by atoms with Crippen molar-refractivity contribution in [2.45, 2.75) is 36.4 Å². The molecule has 0 radical (unpaired) electrons. The van der Waals surface area contributed by atoms with Crippen LogP contribution >= 0.6 is 11.8 Å². The molecule has 1 atom stereocenters. The van der Waals surface area contributed by atoms with Crippen LogP contribution in [0.5, 0.6) is 0 Å². The molecule has 1 aromatic carbocycles. The van der Waals surface area contributed by atoms with Gasteiger partial charge in [-0.05, 0) is 18.4 Å². The van der Waals surface area contributed by atoms with E-state index in [1.54, 1.807) is 16.3 Å². The smallest absolute Gasteiger partial charge is 0.344 e. The average Bonchev–Trinajstić information content (AvgIpc) is 3.10. The van der Waals surface area contributed by atoms with Crippen molar-refractivity contribution >= 4 is 11.8 Å². The Hall–Kier alpha value is -1.53. The summed E-state index contributed by atoms with van der Waals surface area (Å²) in [6, 6.07) is 10.2. The molecule has 0 spiro atoms. The average molecular weight is 291 g/mol. The van der Waals surface area contributed by atoms with Crippen LogP contribution in [-0.4, -0.2) is 27.5 Å². The second kappa shape index (κ2) is 6.28. The molecule has 1 fully saturated rings. The maximum absolute atomic E-state index is 11.8. The van der Waals surface area contributed by atoms with Gasteiger partial charge in [0, 0.05) is 12.4 Å². The number of aromatic amines is 1. The van der Waals surface area contributed by atoms with Crippen molar-refractivity contribution in [3.63, 3.8) is 0 Å². The third-order valence-electron chi connectivity index (χ3n) is 3.34. The van der Waals surface area contributed by atoms with Gasteiger partial charge in [-0.1, -0.05) is 42.1 Å². The number of hydrogen-bond acceptors (Lipinski definition) is 4. The van der Waals surface area contributed by atoms with Crippen molar-refractivity contribution in [1.29, 1.82) is 0 Å². The van der Waals surface area contributed by atoms with E-state index in [0.717, 1.165) is 30.4 Å². The number of ether oxygens (including phenoxy) is 1. The molecule has 0 saturated carbocycles. The highest BCUT2D eigenvalue weighted by Gasteiger charge is 2.19. The van der Waals surface area contributed by atoms with Crippen molar-refractivity contribution < 1.29 is 4.74 Å². The van der Waals surface area contributed by atoms with Gasteiger partial charge < -0.3 is 4.74 Å². The Balaban J connectivity index is 1.68. The molecule has 1 N–H and O–H groups in total. The fraction of sp³-hybridized carbons (Fsp3) is 0.429. The van der Waals surface area contributed by atoms with E-state index in [4.69, 9.17) is 4.74 Å². The predicted molar refractivity (Wildman–Crippen MR) is 77.8 cm³/mol. The molecule has 2 heterocycles. The summed E-state index contributed by atoms with van der Waals surface area (Å²) in [5.74, 6) is 0.802. The third-order valence-corrected chi connectivity index (χ3v) is 4.39. The quantitative estimate of drug-likeness (QED) is 0.856. The first kappa shape index (κ1) is 13.5. The molecule has 3 rings (SSSR count). The minimum atomic E-state index is -0.156. The Bertz CT molecular complexity index is 602. The summed E-state index contributed by atoms with van der Waals surface area (Å²) in [5.41, 5.74) is 1.06. The van der Waals surface area contributed by atoms with E-state index in [9.17, 15) is 4.79 Å². The summed E-state index contributed by atoms with van der Waals surface area (Å²) in [6.45, 7) is 1.39. The van der Waals surface area contributed by atoms with E-state index < -0.39 is 0 Å². The maximum Gasteiger partial charge on any atom is 0.344 e. The summed E-state index contributed by atoms with van der Waals surface area (Å²) >= 11 is 1.57. The fourth-order valence-electron chi connectivity index (χ4n) is 2.29. The van der Waals surface area contributed by atoms with E-state index >= 15 is 0 Å². The topological polar surface area (TPSA) is 59.9 Å². The van der Waals surface area contributed by atoms with Gasteiger partial charge in [0.05, 0.1) is 12.6 Å². The van der Waals surface area contributed by atoms with Gasteiger partial charge in [-0.3, -0.25) is 4.57 Å². The summed E-state index contributed by atoms with van der Waals surface area (Å²) in [6.07, 6.45) is 2.23. The molecule has 0 bridgehead atoms. The monoisotopic (exact) mass is 291 g/mol. The van der Waals surface area contributed by atoms with Crippen LogP contribution in [0.15, 0.2) is 40.3 Å². The van der Waals surface area contributed by atoms with Gasteiger partial charge in [0.25, 0.3) is 0 Å². The molecule has 2 aromatic rings. The van der Waals surface area contributed by atoms with E-state index in [-0.39, 0.29) is 11.8 Å². The van der Waals surface area contributed by atoms with Crippen molar-refractivity contribution in [3.8, 4) is 0 Å². The maximum atomic E-state index is 11.8. The molecule has 6 heteroatoms. The van der Waals surface area contributed by atoms with Crippen LogP contribution in [-0.2, 0) is 17.0 Å². The Kier molecular flexibility index (Phi) is 4.22. The van der Waals surface area contributed by atoms with Gasteiger partial charge in [0.1, 0.15) is 0 Å². The number of rotatable bonds is 5. The lowest BCUT2D eigenvalue weighted by Gasteiger charge is -2.10. The molecule has 0 aliphatic carbocycles. The first-order valence-electron chi connectivity index (χ1n) is 6.76. The highest BCUT2D eigenvalue weighted by Crippen LogP contribution is 2.21. The number of thioether (sulfide) groups is 1. The molecule has 1 aliphatic heterocycles. The normalized spacial score (nSPS) is 18.5. The van der Waals surface area contributed by atoms with Crippen LogP contribution < -0.4 is 5.69 Å². The van der Waals surface area contributed by atoms with Crippen LogP contribution in [0.4, 0.5) is 0 Å². The van der Waals surface area contributed by atoms with Gasteiger partial charge in [-0.25, -0.2) is 9.89 Å². The lowest BCUT2D eigenvalue weighted by molar-refractivity contribution is 0.0941. The summed E-state index contributed by atoms with van der Waals surface area (Å²) < 4.78 is 7.27. The number of nitrogens with one attached hydrogen (secondary N) is 1. The lowest BCUT2D eigenvalue weighted by Crippen LogP contribution is -2.24. The first-order chi connectivity index (χ1) is 9.83. The Morgan fingerprint density at radius 3 is 3.00 bits per heavy atom. The molecular weight excluding hydrogens is 274 g/mol. The lowest BCUT2D eigenvalue weighted by atomic mass is 10.2. The highest BCUT2D eigenvalue weighted by atomic mass is 32.2. The van der Waals surface area contributed by atoms with Gasteiger partial charge in [0.15, 0.2) is 5.16 Å². The van der Waals surface area contributed by atoms with E-state index in [1.807, 2.05) is 18.2 Å². The molecule has 106 valence electrons. The van der Waals surface area contributed by atoms with Gasteiger partial charge in [0.2, 0.25) is 0 Å². The van der Waals surface area contributed by atoms with Gasteiger partial charge >= 0.3 is 5.69 Å². The van der Waals surface area contributed by atoms with E-state index in [2.05, 4.69) is 22.3 Å². The zero-order chi connectivity index (χ0) is 13.8. The number of benzene rings is 1. The summed E-state index contributed by atoms with van der Waals surface area (Å²) in [4.78, 5) is 11.8. The van der Waals surface area contributed by atoms with Crippen LogP contribution in [0.1, 0.15) is 18.4 Å². The Labute approximate surface area is 121 Å². The SMILES string of the molecule is O=c1[nH]nc(SCc2ccccc2)n1CC1CCCO1. The molecular formula is C14H17N3O2S. The number of hydrogen-bond donors (Lipinski definition) is 1. The third kappa shape index (κ3) is 3.13. The Morgan fingerprint density at radius 1 is 1.40 bits per heavy atom. The standard InChI is InChI=1S/C14H17N3O2S/c18-13-15-16-14(17(13)9-12-7-4-8-19-12)20-10-11-5-2-1-3-6-11/h1-3,5-6,12H,4,7-10H2,(H,15,18). The highest BCUT2D eigenvalue weighted by molar-refractivity contribution is 7.98. The molecule has 1 saturated heterocycles. The zero-order valence-electron chi connectivity index (χ0n) is 11.1. The van der Waals surface area contributed by atoms with Gasteiger partial charge in [-0.15, -0.1) is 5.10 Å². The number of H-pyrrole nitrogens is 1. The van der Waals surface area contributed by atoms with E-state index in [0.29, 0.717) is 6.54 Å². The summed E-state index contributed by atoms with van der Waals surface area (Å²) in [5, 5.41) is 7.37. The van der Waals surface area contributed by atoms with Gasteiger partial charge in [-0.2, -0.15) is 0 Å². The predicted octanol–water partition coefficient (Wildman–Crippen LogP) is 2.04. The van der Waals surface area contributed by atoms with Crippen molar-refractivity contribution in [3.05, 3.63) is 46.4 Å². The minimum absolute atomic E-state index is 0.140. The van der Waals surface area contributed by atoms with E-state index in [1.165, 1.54) is 5.56 Å². The molecule has 1 aromatic heterocycles. The second-order valence-corrected chi connectivity index (χ2v) is 5.77. The van der Waals surface area contributed by atoms with Crippen molar-refractivity contribution in [2.24, 2.45) is 0 Å².